The molecule has 0 bridgehead atoms. The van der Waals surface area contributed by atoms with Gasteiger partial charge in [0.2, 0.25) is 5.91 Å². The number of carbonyl (C=O) groups is 2. The predicted octanol–water partition coefficient (Wildman–Crippen LogP) is 3.79. The van der Waals surface area contributed by atoms with E-state index in [0.717, 1.165) is 5.56 Å². The quantitative estimate of drug-likeness (QED) is 0.868. The van der Waals surface area contributed by atoms with Gasteiger partial charge in [0.1, 0.15) is 5.82 Å². The molecule has 25 heavy (non-hydrogen) atoms. The first kappa shape index (κ1) is 18.6. The van der Waals surface area contributed by atoms with Crippen molar-refractivity contribution in [3.05, 3.63) is 59.7 Å². The van der Waals surface area contributed by atoms with Gasteiger partial charge in [-0.15, -0.1) is 0 Å². The molecule has 132 valence electrons. The Balaban J connectivity index is 2.37. The van der Waals surface area contributed by atoms with E-state index < -0.39 is 11.7 Å². The van der Waals surface area contributed by atoms with Gasteiger partial charge in [-0.2, -0.15) is 0 Å². The Labute approximate surface area is 146 Å². The molecule has 5 nitrogen and oxygen atoms in total. The van der Waals surface area contributed by atoms with Crippen LogP contribution in [0.15, 0.2) is 42.7 Å². The van der Waals surface area contributed by atoms with Crippen LogP contribution in [-0.2, 0) is 4.79 Å². The van der Waals surface area contributed by atoms with E-state index in [9.17, 15) is 14.0 Å². The van der Waals surface area contributed by atoms with Crippen LogP contribution >= 0.6 is 0 Å². The number of hydrogen-bond donors (Lipinski definition) is 1. The lowest BCUT2D eigenvalue weighted by Gasteiger charge is -2.31. The highest BCUT2D eigenvalue weighted by Gasteiger charge is 2.25. The second-order valence-electron chi connectivity index (χ2n) is 5.67. The molecule has 1 heterocycles. The van der Waals surface area contributed by atoms with Gasteiger partial charge in [-0.1, -0.05) is 6.92 Å². The Morgan fingerprint density at radius 1 is 1.20 bits per heavy atom. The summed E-state index contributed by atoms with van der Waals surface area (Å²) in [5.41, 5.74) is 1.29. The van der Waals surface area contributed by atoms with E-state index in [1.54, 1.807) is 17.3 Å². The molecule has 1 N–H and O–H groups in total. The molecule has 0 aliphatic rings. The fourth-order valence-electron chi connectivity index (χ4n) is 2.85. The first-order chi connectivity index (χ1) is 12.0. The van der Waals surface area contributed by atoms with Gasteiger partial charge in [0, 0.05) is 31.5 Å². The van der Waals surface area contributed by atoms with Crippen molar-refractivity contribution in [1.29, 1.82) is 0 Å². The summed E-state index contributed by atoms with van der Waals surface area (Å²) in [6.45, 7) is 5.63. The topological polar surface area (TPSA) is 62.3 Å². The molecule has 0 fully saturated rings. The van der Waals surface area contributed by atoms with E-state index in [4.69, 9.17) is 0 Å². The molecule has 0 saturated carbocycles. The third-order valence-corrected chi connectivity index (χ3v) is 3.97. The number of nitrogens with zero attached hydrogens (tertiary/aromatic N) is 2. The zero-order valence-corrected chi connectivity index (χ0v) is 14.6. The molecule has 1 aromatic carbocycles. The number of anilines is 1. The van der Waals surface area contributed by atoms with Gasteiger partial charge in [0.25, 0.3) is 5.91 Å². The van der Waals surface area contributed by atoms with Gasteiger partial charge in [0.05, 0.1) is 11.6 Å². The average Bonchev–Trinajstić information content (AvgIpc) is 2.61. The summed E-state index contributed by atoms with van der Waals surface area (Å²) in [5, 5.41) is 2.57. The molecule has 0 unspecified atom stereocenters. The highest BCUT2D eigenvalue weighted by Crippen LogP contribution is 2.27. The van der Waals surface area contributed by atoms with Crippen molar-refractivity contribution in [2.75, 3.05) is 11.9 Å². The molecule has 2 rings (SSSR count). The minimum absolute atomic E-state index is 0.0550. The van der Waals surface area contributed by atoms with Gasteiger partial charge in [-0.25, -0.2) is 4.39 Å². The maximum absolute atomic E-state index is 14.3. The van der Waals surface area contributed by atoms with Crippen LogP contribution in [-0.4, -0.2) is 28.2 Å². The molecule has 0 aliphatic heterocycles. The first-order valence-electron chi connectivity index (χ1n) is 8.25. The third-order valence-electron chi connectivity index (χ3n) is 3.97. The normalized spacial score (nSPS) is 11.7. The average molecular weight is 343 g/mol. The van der Waals surface area contributed by atoms with Crippen molar-refractivity contribution in [1.82, 2.24) is 9.88 Å². The van der Waals surface area contributed by atoms with Crippen LogP contribution in [0.3, 0.4) is 0 Å². The smallest absolute Gasteiger partial charge is 0.257 e. The van der Waals surface area contributed by atoms with Crippen molar-refractivity contribution in [3.8, 4) is 0 Å². The highest BCUT2D eigenvalue weighted by atomic mass is 19.1. The van der Waals surface area contributed by atoms with Crippen molar-refractivity contribution in [2.45, 2.75) is 33.2 Å². The molecule has 6 heteroatoms. The summed E-state index contributed by atoms with van der Waals surface area (Å²) in [6, 6.07) is 7.54. The number of amides is 2. The van der Waals surface area contributed by atoms with Crippen molar-refractivity contribution in [2.24, 2.45) is 0 Å². The molecule has 0 radical (unpaired) electrons. The number of carbonyl (C=O) groups excluding carboxylic acids is 2. The number of halogens is 1. The Bertz CT molecular complexity index is 750. The van der Waals surface area contributed by atoms with Crippen molar-refractivity contribution in [3.63, 3.8) is 0 Å². The van der Waals surface area contributed by atoms with Crippen LogP contribution in [0.25, 0.3) is 0 Å². The summed E-state index contributed by atoms with van der Waals surface area (Å²) in [6.07, 6.45) is 4.04. The Morgan fingerprint density at radius 2 is 1.88 bits per heavy atom. The summed E-state index contributed by atoms with van der Waals surface area (Å²) >= 11 is 0. The van der Waals surface area contributed by atoms with E-state index in [0.29, 0.717) is 18.7 Å². The molecule has 2 aromatic rings. The van der Waals surface area contributed by atoms with E-state index in [1.807, 2.05) is 26.0 Å². The second kappa shape index (κ2) is 8.37. The van der Waals surface area contributed by atoms with Crippen LogP contribution in [0, 0.1) is 5.82 Å². The number of nitrogens with one attached hydrogen (secondary N) is 1. The van der Waals surface area contributed by atoms with Gasteiger partial charge < -0.3 is 10.2 Å². The molecule has 2 amide bonds. The van der Waals surface area contributed by atoms with Gasteiger partial charge in [0.15, 0.2) is 0 Å². The van der Waals surface area contributed by atoms with Crippen molar-refractivity contribution < 1.29 is 14.0 Å². The first-order valence-corrected chi connectivity index (χ1v) is 8.25. The minimum Gasteiger partial charge on any atom is -0.332 e. The molecule has 1 atom stereocenters. The van der Waals surface area contributed by atoms with Crippen LogP contribution in [0.4, 0.5) is 10.1 Å². The molecular weight excluding hydrogens is 321 g/mol. The van der Waals surface area contributed by atoms with Gasteiger partial charge in [-0.05, 0) is 49.2 Å². The third kappa shape index (κ3) is 4.41. The lowest BCUT2D eigenvalue weighted by atomic mass is 10.0. The van der Waals surface area contributed by atoms with Crippen LogP contribution in [0.2, 0.25) is 0 Å². The van der Waals surface area contributed by atoms with Crippen LogP contribution < -0.4 is 5.32 Å². The molecule has 1 aromatic heterocycles. The van der Waals surface area contributed by atoms with E-state index in [1.165, 1.54) is 25.1 Å². The summed E-state index contributed by atoms with van der Waals surface area (Å²) in [4.78, 5) is 29.8. The maximum Gasteiger partial charge on any atom is 0.257 e. The second-order valence-corrected chi connectivity index (χ2v) is 5.67. The van der Waals surface area contributed by atoms with Crippen molar-refractivity contribution >= 4 is 17.5 Å². The maximum atomic E-state index is 14.3. The lowest BCUT2D eigenvalue weighted by Crippen LogP contribution is -2.35. The summed E-state index contributed by atoms with van der Waals surface area (Å²) in [7, 11) is 0. The molecule has 0 saturated heterocycles. The monoisotopic (exact) mass is 343 g/mol. The standard InChI is InChI=1S/C19H22FN3O2/c1-4-18(14-8-10-21-11-9-14)23(5-2)19(25)16-12-15(22-13(3)24)6-7-17(16)20/h6-12,18H,4-5H2,1-3H3,(H,22,24)/t18-/m0/s1. The minimum atomic E-state index is -0.609. The Kier molecular flexibility index (Phi) is 6.22. The Hall–Kier alpha value is -2.76. The summed E-state index contributed by atoms with van der Waals surface area (Å²) in [5.74, 6) is -1.29. The number of hydrogen-bond acceptors (Lipinski definition) is 3. The van der Waals surface area contributed by atoms with Crippen LogP contribution in [0.5, 0.6) is 0 Å². The number of pyridine rings is 1. The zero-order valence-electron chi connectivity index (χ0n) is 14.6. The van der Waals surface area contributed by atoms with E-state index >= 15 is 0 Å². The fourth-order valence-corrected chi connectivity index (χ4v) is 2.85. The number of rotatable bonds is 6. The summed E-state index contributed by atoms with van der Waals surface area (Å²) < 4.78 is 14.3. The SMILES string of the molecule is CC[C@@H](c1ccncc1)N(CC)C(=O)c1cc(NC(C)=O)ccc1F. The zero-order chi connectivity index (χ0) is 18.4. The Morgan fingerprint density at radius 3 is 2.44 bits per heavy atom. The predicted molar refractivity (Wildman–Crippen MR) is 94.7 cm³/mol. The molecule has 0 aliphatic carbocycles. The van der Waals surface area contributed by atoms with E-state index in [-0.39, 0.29) is 17.5 Å². The largest absolute Gasteiger partial charge is 0.332 e. The highest BCUT2D eigenvalue weighted by molar-refractivity contribution is 5.97. The number of aromatic nitrogens is 1. The van der Waals surface area contributed by atoms with E-state index in [2.05, 4.69) is 10.3 Å². The van der Waals surface area contributed by atoms with Gasteiger partial charge >= 0.3 is 0 Å². The van der Waals surface area contributed by atoms with Gasteiger partial charge in [-0.3, -0.25) is 14.6 Å². The lowest BCUT2D eigenvalue weighted by molar-refractivity contribution is -0.114. The van der Waals surface area contributed by atoms with Crippen LogP contribution in [0.1, 0.15) is 49.2 Å². The molecular formula is C19H22FN3O2. The molecule has 0 spiro atoms. The fraction of sp³-hybridized carbons (Fsp3) is 0.316. The number of benzene rings is 1.